The molecule has 5 nitrogen and oxygen atoms in total. The molecule has 1 N–H and O–H groups in total. The largest absolute Gasteiger partial charge is 0.359 e. The molecular formula is C14H16Cl2N4O. The number of fused-ring (bicyclic) bond motifs is 2. The first kappa shape index (κ1) is 14.6. The van der Waals surface area contributed by atoms with Crippen molar-refractivity contribution in [3.8, 4) is 0 Å². The SMILES string of the molecule is CN(C)C(=O)C1CC2C=CC1(Nc1nc(Cl)ncc1Cl)C2. The number of nitrogens with one attached hydrogen (secondary N) is 1. The number of carbonyl (C=O) groups excluding carboxylic acids is 1. The normalized spacial score (nSPS) is 29.7. The first-order chi connectivity index (χ1) is 9.91. The van der Waals surface area contributed by atoms with E-state index in [9.17, 15) is 4.79 Å². The van der Waals surface area contributed by atoms with Crippen molar-refractivity contribution in [3.63, 3.8) is 0 Å². The molecule has 0 spiro atoms. The number of rotatable bonds is 3. The summed E-state index contributed by atoms with van der Waals surface area (Å²) >= 11 is 12.0. The second-order valence-corrected chi connectivity index (χ2v) is 6.59. The molecule has 0 aromatic carbocycles. The molecule has 2 aliphatic carbocycles. The molecule has 0 aliphatic heterocycles. The molecule has 0 radical (unpaired) electrons. The lowest BCUT2D eigenvalue weighted by atomic mass is 9.85. The maximum Gasteiger partial charge on any atom is 0.227 e. The summed E-state index contributed by atoms with van der Waals surface area (Å²) in [6, 6.07) is 0. The quantitative estimate of drug-likeness (QED) is 0.685. The van der Waals surface area contributed by atoms with Crippen molar-refractivity contribution in [2.75, 3.05) is 19.4 Å². The van der Waals surface area contributed by atoms with Gasteiger partial charge in [-0.15, -0.1) is 0 Å². The predicted molar refractivity (Wildman–Crippen MR) is 82.5 cm³/mol. The van der Waals surface area contributed by atoms with Gasteiger partial charge in [-0.3, -0.25) is 4.79 Å². The minimum Gasteiger partial charge on any atom is -0.359 e. The molecule has 1 saturated carbocycles. The smallest absolute Gasteiger partial charge is 0.227 e. The van der Waals surface area contributed by atoms with Crippen LogP contribution in [0.2, 0.25) is 10.3 Å². The van der Waals surface area contributed by atoms with E-state index in [0.29, 0.717) is 16.8 Å². The highest BCUT2D eigenvalue weighted by Crippen LogP contribution is 2.49. The lowest BCUT2D eigenvalue weighted by molar-refractivity contribution is -0.133. The average molecular weight is 327 g/mol. The third-order valence-electron chi connectivity index (χ3n) is 4.23. The molecule has 3 unspecified atom stereocenters. The van der Waals surface area contributed by atoms with Gasteiger partial charge in [0, 0.05) is 14.1 Å². The van der Waals surface area contributed by atoms with Gasteiger partial charge in [-0.1, -0.05) is 23.8 Å². The molecule has 112 valence electrons. The first-order valence-electron chi connectivity index (χ1n) is 6.78. The number of hydrogen-bond donors (Lipinski definition) is 1. The molecule has 21 heavy (non-hydrogen) atoms. The van der Waals surface area contributed by atoms with E-state index in [2.05, 4.69) is 27.4 Å². The van der Waals surface area contributed by atoms with E-state index in [1.54, 1.807) is 19.0 Å². The highest BCUT2D eigenvalue weighted by atomic mass is 35.5. The summed E-state index contributed by atoms with van der Waals surface area (Å²) in [4.78, 5) is 22.1. The standard InChI is InChI=1S/C14H16Cl2N4O/c1-20(2)12(21)9-5-8-3-4-14(9,6-8)19-11-10(15)7-17-13(16)18-11/h3-4,7-9H,5-6H2,1-2H3,(H,17,18,19). The average Bonchev–Trinajstić information content (AvgIpc) is 2.99. The van der Waals surface area contributed by atoms with E-state index >= 15 is 0 Å². The summed E-state index contributed by atoms with van der Waals surface area (Å²) in [5, 5.41) is 3.87. The van der Waals surface area contributed by atoms with Crippen LogP contribution >= 0.6 is 23.2 Å². The van der Waals surface area contributed by atoms with E-state index in [-0.39, 0.29) is 17.1 Å². The van der Waals surface area contributed by atoms with Crippen molar-refractivity contribution in [1.82, 2.24) is 14.9 Å². The Balaban J connectivity index is 1.93. The Morgan fingerprint density at radius 2 is 2.24 bits per heavy atom. The lowest BCUT2D eigenvalue weighted by Crippen LogP contribution is -2.47. The van der Waals surface area contributed by atoms with Crippen LogP contribution in [-0.2, 0) is 4.79 Å². The van der Waals surface area contributed by atoms with Crippen LogP contribution in [0.15, 0.2) is 18.3 Å². The summed E-state index contributed by atoms with van der Waals surface area (Å²) in [5.74, 6) is 0.890. The molecule has 7 heteroatoms. The number of halogens is 2. The number of amides is 1. The molecule has 1 heterocycles. The van der Waals surface area contributed by atoms with Crippen LogP contribution in [0.25, 0.3) is 0 Å². The molecule has 1 fully saturated rings. The van der Waals surface area contributed by atoms with E-state index in [0.717, 1.165) is 12.8 Å². The second-order valence-electron chi connectivity index (χ2n) is 5.85. The molecule has 3 atom stereocenters. The molecule has 3 rings (SSSR count). The number of hydrogen-bond acceptors (Lipinski definition) is 4. The van der Waals surface area contributed by atoms with E-state index < -0.39 is 5.54 Å². The van der Waals surface area contributed by atoms with Gasteiger partial charge in [-0.05, 0) is 30.4 Å². The fourth-order valence-electron chi connectivity index (χ4n) is 3.28. The zero-order valence-corrected chi connectivity index (χ0v) is 13.3. The summed E-state index contributed by atoms with van der Waals surface area (Å²) < 4.78 is 0. The van der Waals surface area contributed by atoms with E-state index in [4.69, 9.17) is 23.2 Å². The number of carbonyl (C=O) groups is 1. The van der Waals surface area contributed by atoms with Gasteiger partial charge in [0.15, 0.2) is 5.82 Å². The first-order valence-corrected chi connectivity index (χ1v) is 7.53. The van der Waals surface area contributed by atoms with Gasteiger partial charge in [0.25, 0.3) is 0 Å². The highest BCUT2D eigenvalue weighted by Gasteiger charge is 2.52. The van der Waals surface area contributed by atoms with Crippen molar-refractivity contribution in [2.24, 2.45) is 11.8 Å². The minimum absolute atomic E-state index is 0.116. The van der Waals surface area contributed by atoms with Crippen molar-refractivity contribution in [2.45, 2.75) is 18.4 Å². The van der Waals surface area contributed by atoms with Crippen LogP contribution in [0.5, 0.6) is 0 Å². The summed E-state index contributed by atoms with van der Waals surface area (Å²) in [5.41, 5.74) is -0.437. The minimum atomic E-state index is -0.437. The number of nitrogens with zero attached hydrogens (tertiary/aromatic N) is 3. The van der Waals surface area contributed by atoms with Gasteiger partial charge in [0.05, 0.1) is 17.7 Å². The maximum atomic E-state index is 12.4. The van der Waals surface area contributed by atoms with Crippen molar-refractivity contribution < 1.29 is 4.79 Å². The zero-order valence-electron chi connectivity index (χ0n) is 11.8. The fourth-order valence-corrected chi connectivity index (χ4v) is 3.55. The Morgan fingerprint density at radius 3 is 2.90 bits per heavy atom. The lowest BCUT2D eigenvalue weighted by Gasteiger charge is -2.34. The van der Waals surface area contributed by atoms with Crippen molar-refractivity contribution in [3.05, 3.63) is 28.7 Å². The Hall–Kier alpha value is -1.33. The molecular weight excluding hydrogens is 311 g/mol. The Morgan fingerprint density at radius 1 is 1.48 bits per heavy atom. The Kier molecular flexibility index (Phi) is 3.58. The van der Waals surface area contributed by atoms with Crippen LogP contribution in [0.4, 0.5) is 5.82 Å². The third kappa shape index (κ3) is 2.49. The van der Waals surface area contributed by atoms with E-state index in [1.165, 1.54) is 6.20 Å². The van der Waals surface area contributed by atoms with Gasteiger partial charge in [-0.2, -0.15) is 4.98 Å². The van der Waals surface area contributed by atoms with Gasteiger partial charge >= 0.3 is 0 Å². The van der Waals surface area contributed by atoms with Crippen molar-refractivity contribution in [1.29, 1.82) is 0 Å². The van der Waals surface area contributed by atoms with Gasteiger partial charge in [-0.25, -0.2) is 4.98 Å². The zero-order chi connectivity index (χ0) is 15.2. The fraction of sp³-hybridized carbons (Fsp3) is 0.500. The molecule has 2 aliphatic rings. The summed E-state index contributed by atoms with van der Waals surface area (Å²) in [7, 11) is 3.56. The van der Waals surface area contributed by atoms with Crippen LogP contribution in [-0.4, -0.2) is 40.4 Å². The molecule has 0 saturated heterocycles. The Bertz CT molecular complexity index is 619. The Labute approximate surface area is 133 Å². The second kappa shape index (κ2) is 5.14. The van der Waals surface area contributed by atoms with Gasteiger partial charge in [0.2, 0.25) is 11.2 Å². The molecule has 1 amide bonds. The predicted octanol–water partition coefficient (Wildman–Crippen LogP) is 2.62. The highest BCUT2D eigenvalue weighted by molar-refractivity contribution is 6.33. The summed E-state index contributed by atoms with van der Waals surface area (Å²) in [6.45, 7) is 0. The molecule has 1 aromatic heterocycles. The number of anilines is 1. The van der Waals surface area contributed by atoms with Gasteiger partial charge in [0.1, 0.15) is 5.02 Å². The number of aromatic nitrogens is 2. The monoisotopic (exact) mass is 326 g/mol. The number of allylic oxidation sites excluding steroid dienone is 1. The molecule has 1 aromatic rings. The van der Waals surface area contributed by atoms with Gasteiger partial charge < -0.3 is 10.2 Å². The van der Waals surface area contributed by atoms with E-state index in [1.807, 2.05) is 0 Å². The van der Waals surface area contributed by atoms with Crippen molar-refractivity contribution >= 4 is 34.9 Å². The van der Waals surface area contributed by atoms with Crippen LogP contribution in [0.1, 0.15) is 12.8 Å². The van der Waals surface area contributed by atoms with Crippen LogP contribution < -0.4 is 5.32 Å². The van der Waals surface area contributed by atoms with Crippen LogP contribution in [0, 0.1) is 11.8 Å². The molecule has 2 bridgehead atoms. The topological polar surface area (TPSA) is 58.1 Å². The maximum absolute atomic E-state index is 12.4. The third-order valence-corrected chi connectivity index (χ3v) is 4.69. The summed E-state index contributed by atoms with van der Waals surface area (Å²) in [6.07, 6.45) is 7.40. The van der Waals surface area contributed by atoms with Crippen LogP contribution in [0.3, 0.4) is 0 Å².